The Morgan fingerprint density at radius 1 is 0.692 bits per heavy atom. The number of hydrogen-bond acceptors (Lipinski definition) is 5. The molecule has 0 aliphatic rings. The fraction of sp³-hybridized carbons (Fsp3) is 0.0294. The van der Waals surface area contributed by atoms with Crippen LogP contribution in [0.1, 0.15) is 22.3 Å². The van der Waals surface area contributed by atoms with Gasteiger partial charge in [0, 0.05) is 22.6 Å². The van der Waals surface area contributed by atoms with Gasteiger partial charge in [0.15, 0.2) is 0 Å². The molecule has 0 radical (unpaired) electrons. The Morgan fingerprint density at radius 2 is 1.36 bits per heavy atom. The van der Waals surface area contributed by atoms with Crippen LogP contribution in [0.15, 0.2) is 109 Å². The van der Waals surface area contributed by atoms with Crippen LogP contribution in [0.5, 0.6) is 5.75 Å². The number of ether oxygens (including phenoxy) is 1. The van der Waals surface area contributed by atoms with Crippen LogP contribution in [0.4, 0.5) is 17.1 Å². The molecule has 5 aromatic carbocycles. The summed E-state index contributed by atoms with van der Waals surface area (Å²) in [4.78, 5) is 2.14. The first-order valence-electron chi connectivity index (χ1n) is 12.2. The number of fused-ring (bicyclic) bond motifs is 1. The Balaban J connectivity index is 1.54. The van der Waals surface area contributed by atoms with Crippen LogP contribution in [0.25, 0.3) is 22.4 Å². The largest absolute Gasteiger partial charge is 0.497 e. The second-order valence-corrected chi connectivity index (χ2v) is 8.81. The quantitative estimate of drug-likeness (QED) is 0.173. The highest BCUT2D eigenvalue weighted by Gasteiger charge is 2.14. The fourth-order valence-corrected chi connectivity index (χ4v) is 4.49. The third-order valence-corrected chi connectivity index (χ3v) is 6.44. The normalized spacial score (nSPS) is 10.8. The van der Waals surface area contributed by atoms with E-state index in [-0.39, 0.29) is 0 Å². The van der Waals surface area contributed by atoms with Crippen LogP contribution in [0, 0.1) is 34.0 Å². The van der Waals surface area contributed by atoms with Gasteiger partial charge in [-0.3, -0.25) is 0 Å². The zero-order chi connectivity index (χ0) is 27.2. The number of nitrogens with zero attached hydrogens (tertiary/aromatic N) is 4. The summed E-state index contributed by atoms with van der Waals surface area (Å²) < 4.78 is 5.33. The first-order chi connectivity index (χ1) is 19.1. The molecule has 0 heterocycles. The molecule has 5 heteroatoms. The summed E-state index contributed by atoms with van der Waals surface area (Å²) in [5.74, 6) is 0.783. The molecule has 0 fully saturated rings. The van der Waals surface area contributed by atoms with Gasteiger partial charge in [-0.2, -0.15) is 15.8 Å². The molecule has 0 unspecified atom stereocenters. The maximum absolute atomic E-state index is 10.0. The lowest BCUT2D eigenvalue weighted by Crippen LogP contribution is -2.09. The first-order valence-corrected chi connectivity index (χ1v) is 12.2. The van der Waals surface area contributed by atoms with E-state index in [4.69, 9.17) is 4.74 Å². The lowest BCUT2D eigenvalue weighted by molar-refractivity contribution is 0.415. The zero-order valence-electron chi connectivity index (χ0n) is 21.2. The fourth-order valence-electron chi connectivity index (χ4n) is 4.49. The average molecular weight is 503 g/mol. The number of anilines is 3. The summed E-state index contributed by atoms with van der Waals surface area (Å²) in [6.07, 6.45) is 1.78. The summed E-state index contributed by atoms with van der Waals surface area (Å²) in [6, 6.07) is 41.3. The number of nitriles is 3. The Kier molecular flexibility index (Phi) is 7.04. The Hall–Kier alpha value is -5.83. The molecule has 0 spiro atoms. The molecule has 0 aromatic heterocycles. The lowest BCUT2D eigenvalue weighted by Gasteiger charge is -2.25. The van der Waals surface area contributed by atoms with Crippen LogP contribution in [0.2, 0.25) is 0 Å². The van der Waals surface area contributed by atoms with Gasteiger partial charge in [0.05, 0.1) is 42.0 Å². The number of hydrogen-bond donors (Lipinski definition) is 0. The minimum atomic E-state index is 0.374. The van der Waals surface area contributed by atoms with Crippen LogP contribution < -0.4 is 9.64 Å². The topological polar surface area (TPSA) is 83.8 Å². The van der Waals surface area contributed by atoms with Crippen molar-refractivity contribution in [2.45, 2.75) is 0 Å². The van der Waals surface area contributed by atoms with Gasteiger partial charge in [0.1, 0.15) is 5.75 Å². The van der Waals surface area contributed by atoms with Gasteiger partial charge in [0.2, 0.25) is 0 Å². The van der Waals surface area contributed by atoms with Crippen molar-refractivity contribution in [3.05, 3.63) is 131 Å². The lowest BCUT2D eigenvalue weighted by atomic mass is 9.94. The Labute approximate surface area is 227 Å². The van der Waals surface area contributed by atoms with Crippen LogP contribution in [-0.2, 0) is 0 Å². The number of methoxy groups -OCH3 is 1. The van der Waals surface area contributed by atoms with Crippen LogP contribution in [0.3, 0.4) is 0 Å². The van der Waals surface area contributed by atoms with Gasteiger partial charge < -0.3 is 9.64 Å². The van der Waals surface area contributed by atoms with Crippen molar-refractivity contribution in [1.29, 1.82) is 15.8 Å². The summed E-state index contributed by atoms with van der Waals surface area (Å²) >= 11 is 0. The summed E-state index contributed by atoms with van der Waals surface area (Å²) in [7, 11) is 1.65. The standard InChI is InChI=1S/C34H22N4O/c1-39-33-15-13-32(14-16-33)38(30-5-3-2-4-6-30)31-11-8-24(9-12-31)17-28(22-36)34-20-27-18-25(21-35)7-10-26(27)19-29(34)23-37/h2-20H,1H3/b28-17+. The summed E-state index contributed by atoms with van der Waals surface area (Å²) in [5.41, 5.74) is 5.61. The number of para-hydroxylation sites is 1. The average Bonchev–Trinajstić information content (AvgIpc) is 3.00. The van der Waals surface area contributed by atoms with Crippen molar-refractivity contribution in [1.82, 2.24) is 0 Å². The molecule has 0 saturated heterocycles. The van der Waals surface area contributed by atoms with Gasteiger partial charge in [-0.25, -0.2) is 0 Å². The van der Waals surface area contributed by atoms with Crippen molar-refractivity contribution in [3.63, 3.8) is 0 Å². The van der Waals surface area contributed by atoms with E-state index >= 15 is 0 Å². The molecule has 0 bridgehead atoms. The van der Waals surface area contributed by atoms with Gasteiger partial charge in [0.25, 0.3) is 0 Å². The number of allylic oxidation sites excluding steroid dienone is 1. The zero-order valence-corrected chi connectivity index (χ0v) is 21.2. The molecule has 0 atom stereocenters. The second kappa shape index (κ2) is 11.1. The van der Waals surface area contributed by atoms with Crippen LogP contribution >= 0.6 is 0 Å². The maximum atomic E-state index is 10.0. The molecular formula is C34H22N4O. The third kappa shape index (κ3) is 5.18. The highest BCUT2D eigenvalue weighted by molar-refractivity contribution is 5.97. The highest BCUT2D eigenvalue weighted by atomic mass is 16.5. The molecular weight excluding hydrogens is 480 g/mol. The van der Waals surface area contributed by atoms with Crippen molar-refractivity contribution in [3.8, 4) is 24.0 Å². The molecule has 184 valence electrons. The summed E-state index contributed by atoms with van der Waals surface area (Å²) in [5, 5.41) is 30.7. The van der Waals surface area contributed by atoms with E-state index in [2.05, 4.69) is 23.1 Å². The van der Waals surface area contributed by atoms with E-state index in [0.29, 0.717) is 22.3 Å². The van der Waals surface area contributed by atoms with E-state index in [1.807, 2.05) is 84.9 Å². The smallest absolute Gasteiger partial charge is 0.119 e. The van der Waals surface area contributed by atoms with E-state index in [1.165, 1.54) is 0 Å². The van der Waals surface area contributed by atoms with Gasteiger partial charge in [-0.1, -0.05) is 36.4 Å². The number of benzene rings is 5. The third-order valence-electron chi connectivity index (χ3n) is 6.44. The van der Waals surface area contributed by atoms with Gasteiger partial charge in [-0.05, 0) is 95.2 Å². The number of rotatable bonds is 6. The molecule has 0 aliphatic heterocycles. The monoisotopic (exact) mass is 502 g/mol. The minimum absolute atomic E-state index is 0.374. The molecule has 5 rings (SSSR count). The van der Waals surface area contributed by atoms with Crippen molar-refractivity contribution in [2.24, 2.45) is 0 Å². The molecule has 0 amide bonds. The highest BCUT2D eigenvalue weighted by Crippen LogP contribution is 2.35. The van der Waals surface area contributed by atoms with E-state index < -0.39 is 0 Å². The van der Waals surface area contributed by atoms with E-state index in [0.717, 1.165) is 39.1 Å². The second-order valence-electron chi connectivity index (χ2n) is 8.81. The van der Waals surface area contributed by atoms with Crippen molar-refractivity contribution >= 4 is 39.5 Å². The van der Waals surface area contributed by atoms with Gasteiger partial charge in [-0.15, -0.1) is 0 Å². The van der Waals surface area contributed by atoms with E-state index in [9.17, 15) is 15.8 Å². The molecule has 0 N–H and O–H groups in total. The molecule has 5 aromatic rings. The van der Waals surface area contributed by atoms with E-state index in [1.54, 1.807) is 37.5 Å². The van der Waals surface area contributed by atoms with Gasteiger partial charge >= 0.3 is 0 Å². The summed E-state index contributed by atoms with van der Waals surface area (Å²) in [6.45, 7) is 0. The Bertz CT molecular complexity index is 1800. The first kappa shape index (κ1) is 24.8. The SMILES string of the molecule is COc1ccc(N(c2ccccc2)c2ccc(/C=C(\C#N)c3cc4cc(C#N)ccc4cc3C#N)cc2)cc1. The molecule has 0 aliphatic carbocycles. The Morgan fingerprint density at radius 3 is 1.97 bits per heavy atom. The maximum Gasteiger partial charge on any atom is 0.119 e. The van der Waals surface area contributed by atoms with Crippen molar-refractivity contribution in [2.75, 3.05) is 12.0 Å². The van der Waals surface area contributed by atoms with Crippen LogP contribution in [-0.4, -0.2) is 7.11 Å². The molecule has 5 nitrogen and oxygen atoms in total. The minimum Gasteiger partial charge on any atom is -0.497 e. The molecule has 0 saturated carbocycles. The molecule has 39 heavy (non-hydrogen) atoms. The predicted octanol–water partition coefficient (Wildman–Crippen LogP) is 8.13. The van der Waals surface area contributed by atoms with Crippen molar-refractivity contribution < 1.29 is 4.74 Å². The predicted molar refractivity (Wildman–Crippen MR) is 155 cm³/mol.